The van der Waals surface area contributed by atoms with E-state index in [-0.39, 0.29) is 0 Å². The van der Waals surface area contributed by atoms with Crippen molar-refractivity contribution in [3.63, 3.8) is 0 Å². The van der Waals surface area contributed by atoms with Gasteiger partial charge in [-0.05, 0) is 124 Å². The van der Waals surface area contributed by atoms with Gasteiger partial charge in [-0.1, -0.05) is 131 Å². The van der Waals surface area contributed by atoms with E-state index < -0.39 is 0 Å². The molecule has 1 aliphatic heterocycles. The van der Waals surface area contributed by atoms with Crippen molar-refractivity contribution >= 4 is 11.4 Å². The topological polar surface area (TPSA) is 25.3 Å². The van der Waals surface area contributed by atoms with Gasteiger partial charge in [-0.25, -0.2) is 4.70 Å². The summed E-state index contributed by atoms with van der Waals surface area (Å²) in [4.78, 5) is 0. The number of hydrogen-bond acceptors (Lipinski definition) is 0. The number of aryl methyl sites for hydroxylation is 4. The van der Waals surface area contributed by atoms with Gasteiger partial charge in [-0.15, -0.1) is 0 Å². The van der Waals surface area contributed by atoms with Gasteiger partial charge in [0, 0.05) is 22.3 Å². The summed E-state index contributed by atoms with van der Waals surface area (Å²) in [6.07, 6.45) is 28.9. The van der Waals surface area contributed by atoms with Gasteiger partial charge in [0.05, 0.1) is 0 Å². The average molecular weight is 653 g/mol. The highest BCUT2D eigenvalue weighted by Crippen LogP contribution is 2.45. The van der Waals surface area contributed by atoms with E-state index in [1.54, 1.807) is 4.70 Å². The van der Waals surface area contributed by atoms with E-state index >= 15 is 0 Å². The Morgan fingerprint density at radius 3 is 1.06 bits per heavy atom. The third-order valence-corrected chi connectivity index (χ3v) is 10.3. The first-order valence-corrected chi connectivity index (χ1v) is 20.7. The molecule has 48 heavy (non-hydrogen) atoms. The number of nitrogens with zero attached hydrogens (tertiary/aromatic N) is 2. The number of hydrogen-bond donors (Lipinski definition) is 0. The van der Waals surface area contributed by atoms with E-state index in [0.29, 0.717) is 0 Å². The minimum absolute atomic E-state index is 1.03. The van der Waals surface area contributed by atoms with Gasteiger partial charge in [0.1, 0.15) is 0 Å². The Bertz CT molecular complexity index is 1310. The second-order valence-corrected chi connectivity index (χ2v) is 14.8. The van der Waals surface area contributed by atoms with Crippen molar-refractivity contribution in [1.82, 2.24) is 0 Å². The molecular weight excluding hydrogens is 581 g/mol. The maximum absolute atomic E-state index is 12.5. The molecular formula is C46H72N2. The van der Waals surface area contributed by atoms with Crippen LogP contribution in [0, 0.1) is 0 Å². The third-order valence-electron chi connectivity index (χ3n) is 10.3. The normalized spacial score (nSPS) is 13.4. The minimum atomic E-state index is 1.03. The fourth-order valence-corrected chi connectivity index (χ4v) is 7.52. The summed E-state index contributed by atoms with van der Waals surface area (Å²) in [5, 5.41) is 0. The van der Waals surface area contributed by atoms with E-state index in [1.165, 1.54) is 147 Å². The molecule has 0 unspecified atom stereocenters. The fraction of sp³-hybridized carbons (Fsp3) is 0.652. The third kappa shape index (κ3) is 12.4. The van der Waals surface area contributed by atoms with Gasteiger partial charge in [-0.3, -0.25) is 0 Å². The second-order valence-electron chi connectivity index (χ2n) is 14.8. The zero-order chi connectivity index (χ0) is 34.6. The Morgan fingerprint density at radius 2 is 0.646 bits per heavy atom. The predicted octanol–water partition coefficient (Wildman–Crippen LogP) is 14.9. The molecule has 0 aliphatic carbocycles. The molecule has 2 aromatic carbocycles. The molecule has 0 aromatic heterocycles. The molecule has 0 amide bonds. The second kappa shape index (κ2) is 23.0. The van der Waals surface area contributed by atoms with Crippen molar-refractivity contribution in [3.8, 4) is 0 Å². The summed E-state index contributed by atoms with van der Waals surface area (Å²) in [5.74, 6) is 0. The molecule has 3 rings (SSSR count). The SMILES string of the molecule is CCCCCCCCC1=C(c2cc(CCCC)cc(CCCCC)c2)[N+](=[N-])C(c2cc(CCCC)cc(CCCCC)c2)=C1CCCC. The molecule has 1 aliphatic rings. The lowest BCUT2D eigenvalue weighted by atomic mass is 9.89. The van der Waals surface area contributed by atoms with Crippen LogP contribution in [0.3, 0.4) is 0 Å². The smallest absolute Gasteiger partial charge is 0.211 e. The van der Waals surface area contributed by atoms with Crippen molar-refractivity contribution < 1.29 is 4.70 Å². The standard InChI is InChI=1S/C46H72N2/c1-7-13-19-20-21-24-30-44-43(29-18-12-6)45(41-33-37(25-16-10-4)31-39(35-41)27-22-14-8-2)48(47)46(44)42-34-38(26-17-11-5)32-40(36-42)28-23-15-9-3/h31-36H,7-30H2,1-6H3. The summed E-state index contributed by atoms with van der Waals surface area (Å²) in [6, 6.07) is 14.6. The van der Waals surface area contributed by atoms with Gasteiger partial charge < -0.3 is 5.53 Å². The van der Waals surface area contributed by atoms with Crippen LogP contribution in [-0.4, -0.2) is 4.70 Å². The quantitative estimate of drug-likeness (QED) is 0.0714. The largest absolute Gasteiger partial charge is 0.493 e. The van der Waals surface area contributed by atoms with Crippen LogP contribution in [0.2, 0.25) is 0 Å². The molecule has 0 saturated heterocycles. The molecule has 0 atom stereocenters. The maximum atomic E-state index is 12.5. The van der Waals surface area contributed by atoms with E-state index in [1.807, 2.05) is 0 Å². The van der Waals surface area contributed by atoms with Crippen molar-refractivity contribution in [2.75, 3.05) is 0 Å². The van der Waals surface area contributed by atoms with Gasteiger partial charge in [-0.2, -0.15) is 0 Å². The molecule has 0 bridgehead atoms. The Balaban J connectivity index is 2.18. The molecule has 0 radical (unpaired) electrons. The van der Waals surface area contributed by atoms with E-state index in [2.05, 4.69) is 77.9 Å². The van der Waals surface area contributed by atoms with Crippen LogP contribution >= 0.6 is 0 Å². The Morgan fingerprint density at radius 1 is 0.354 bits per heavy atom. The summed E-state index contributed by atoms with van der Waals surface area (Å²) in [5.41, 5.74) is 25.7. The molecule has 0 spiro atoms. The van der Waals surface area contributed by atoms with Crippen LogP contribution in [0.4, 0.5) is 0 Å². The number of unbranched alkanes of at least 4 members (excludes halogenated alkanes) is 12. The van der Waals surface area contributed by atoms with Gasteiger partial charge in [0.2, 0.25) is 11.4 Å². The lowest BCUT2D eigenvalue weighted by Gasteiger charge is -2.15. The molecule has 2 nitrogen and oxygen atoms in total. The zero-order valence-electron chi connectivity index (χ0n) is 32.3. The Hall–Kier alpha value is -2.48. The van der Waals surface area contributed by atoms with Gasteiger partial charge in [0.15, 0.2) is 0 Å². The van der Waals surface area contributed by atoms with Crippen LogP contribution in [0.1, 0.15) is 203 Å². The maximum Gasteiger partial charge on any atom is 0.211 e. The highest BCUT2D eigenvalue weighted by atomic mass is 15.2. The molecule has 0 fully saturated rings. The fourth-order valence-electron chi connectivity index (χ4n) is 7.52. The molecule has 2 aromatic rings. The van der Waals surface area contributed by atoms with Gasteiger partial charge in [0.25, 0.3) is 0 Å². The predicted molar refractivity (Wildman–Crippen MR) is 212 cm³/mol. The summed E-state index contributed by atoms with van der Waals surface area (Å²) >= 11 is 0. The molecule has 2 heteroatoms. The zero-order valence-corrected chi connectivity index (χ0v) is 32.3. The van der Waals surface area contributed by atoms with Crippen LogP contribution in [0.5, 0.6) is 0 Å². The first kappa shape index (κ1) is 40.0. The van der Waals surface area contributed by atoms with Crippen molar-refractivity contribution in [2.24, 2.45) is 0 Å². The highest BCUT2D eigenvalue weighted by Gasteiger charge is 2.35. The van der Waals surface area contributed by atoms with E-state index in [4.69, 9.17) is 0 Å². The molecule has 0 N–H and O–H groups in total. The number of benzene rings is 2. The van der Waals surface area contributed by atoms with E-state index in [0.717, 1.165) is 62.8 Å². The molecule has 266 valence electrons. The summed E-state index contributed by atoms with van der Waals surface area (Å²) in [6.45, 7) is 13.8. The van der Waals surface area contributed by atoms with Crippen molar-refractivity contribution in [1.29, 1.82) is 0 Å². The Labute approximate surface area is 297 Å². The lowest BCUT2D eigenvalue weighted by Crippen LogP contribution is -2.05. The Kier molecular flexibility index (Phi) is 19.2. The van der Waals surface area contributed by atoms with Crippen molar-refractivity contribution in [2.45, 2.75) is 196 Å². The lowest BCUT2D eigenvalue weighted by molar-refractivity contribution is -0.345. The summed E-state index contributed by atoms with van der Waals surface area (Å²) < 4.78 is 1.67. The van der Waals surface area contributed by atoms with Crippen LogP contribution < -0.4 is 0 Å². The number of allylic oxidation sites excluding steroid dienone is 2. The van der Waals surface area contributed by atoms with Crippen LogP contribution in [0.15, 0.2) is 47.5 Å². The average Bonchev–Trinajstić information content (AvgIpc) is 3.37. The monoisotopic (exact) mass is 653 g/mol. The van der Waals surface area contributed by atoms with Crippen LogP contribution in [0.25, 0.3) is 16.9 Å². The highest BCUT2D eigenvalue weighted by molar-refractivity contribution is 5.82. The van der Waals surface area contributed by atoms with E-state index in [9.17, 15) is 5.53 Å². The van der Waals surface area contributed by atoms with Gasteiger partial charge >= 0.3 is 0 Å². The molecule has 1 heterocycles. The minimum Gasteiger partial charge on any atom is -0.493 e. The van der Waals surface area contributed by atoms with Crippen LogP contribution in [-0.2, 0) is 25.7 Å². The van der Waals surface area contributed by atoms with Crippen molar-refractivity contribution in [3.05, 3.63) is 86.5 Å². The summed E-state index contributed by atoms with van der Waals surface area (Å²) in [7, 11) is 0. The molecule has 0 saturated carbocycles. The first-order valence-electron chi connectivity index (χ1n) is 20.7. The number of rotatable bonds is 26. The first-order chi connectivity index (χ1) is 23.5.